The van der Waals surface area contributed by atoms with Gasteiger partial charge in [-0.25, -0.2) is 4.79 Å². The first-order valence-corrected chi connectivity index (χ1v) is 12.3. The average molecular weight is 453 g/mol. The van der Waals surface area contributed by atoms with Crippen LogP contribution < -0.4 is 5.32 Å². The summed E-state index contributed by atoms with van der Waals surface area (Å²) >= 11 is 3.67. The Balaban J connectivity index is 1.61. The third-order valence-corrected chi connectivity index (χ3v) is 9.00. The molecule has 3 rings (SSSR count). The van der Waals surface area contributed by atoms with Crippen molar-refractivity contribution in [2.45, 2.75) is 48.9 Å². The molecule has 0 spiro atoms. The minimum Gasteiger partial charge on any atom is -0.480 e. The third-order valence-electron chi connectivity index (χ3n) is 5.62. The van der Waals surface area contributed by atoms with Crippen molar-refractivity contribution in [3.8, 4) is 0 Å². The van der Waals surface area contributed by atoms with Crippen molar-refractivity contribution in [1.29, 1.82) is 0 Å². The Bertz CT molecular complexity index is 757. The van der Waals surface area contributed by atoms with Gasteiger partial charge in [0.1, 0.15) is 12.1 Å². The molecule has 2 aliphatic rings. The molecule has 0 aliphatic carbocycles. The van der Waals surface area contributed by atoms with Gasteiger partial charge in [-0.05, 0) is 31.7 Å². The smallest absolute Gasteiger partial charge is 0.326 e. The maximum Gasteiger partial charge on any atom is 0.326 e. The van der Waals surface area contributed by atoms with E-state index in [0.29, 0.717) is 30.4 Å². The lowest BCUT2D eigenvalue weighted by atomic mass is 10.0. The Morgan fingerprint density at radius 3 is 2.43 bits per heavy atom. The second-order valence-electron chi connectivity index (χ2n) is 7.75. The molecule has 9 heteroatoms. The zero-order valence-corrected chi connectivity index (χ0v) is 18.5. The van der Waals surface area contributed by atoms with Crippen LogP contribution in [0.2, 0.25) is 0 Å². The lowest BCUT2D eigenvalue weighted by molar-refractivity contribution is -0.149. The first-order chi connectivity index (χ1) is 14.4. The standard InChI is InChI=1S/C21H28N2O5S2/c1-13(22-16(19(25)26)8-7-14-5-3-2-4-6-14)18(24)23-12-15(11-17(23)20(27)28)21-29-9-10-30-21/h2-6,13,15-17,21-22H,7-12H2,1H3,(H,25,26)(H,27,28)/t13-,15-,16?,17-/m0/s1. The maximum absolute atomic E-state index is 13.0. The van der Waals surface area contributed by atoms with E-state index in [-0.39, 0.29) is 11.8 Å². The van der Waals surface area contributed by atoms with Gasteiger partial charge in [-0.2, -0.15) is 0 Å². The topological polar surface area (TPSA) is 107 Å². The second-order valence-corrected chi connectivity index (χ2v) is 10.6. The van der Waals surface area contributed by atoms with Crippen molar-refractivity contribution < 1.29 is 24.6 Å². The highest BCUT2D eigenvalue weighted by atomic mass is 32.2. The van der Waals surface area contributed by atoms with Crippen LogP contribution in [0.1, 0.15) is 25.3 Å². The number of carbonyl (C=O) groups excluding carboxylic acids is 1. The number of aryl methyl sites for hydroxylation is 1. The summed E-state index contributed by atoms with van der Waals surface area (Å²) in [5, 5.41) is 22.1. The molecular formula is C21H28N2O5S2. The van der Waals surface area contributed by atoms with Crippen LogP contribution in [0.3, 0.4) is 0 Å². The summed E-state index contributed by atoms with van der Waals surface area (Å²) in [4.78, 5) is 38.0. The van der Waals surface area contributed by atoms with Gasteiger partial charge < -0.3 is 15.1 Å². The SMILES string of the molecule is C[C@H](NC(CCc1ccccc1)C(=O)O)C(=O)N1C[C@@H](C2SCCS2)C[C@H]1C(=O)O. The molecule has 0 bridgehead atoms. The number of benzene rings is 1. The Morgan fingerprint density at radius 1 is 1.17 bits per heavy atom. The van der Waals surface area contributed by atoms with Crippen molar-refractivity contribution in [1.82, 2.24) is 10.2 Å². The van der Waals surface area contributed by atoms with E-state index in [9.17, 15) is 24.6 Å². The van der Waals surface area contributed by atoms with E-state index in [1.165, 1.54) is 4.90 Å². The van der Waals surface area contributed by atoms with E-state index in [4.69, 9.17) is 0 Å². The van der Waals surface area contributed by atoms with Gasteiger partial charge in [0, 0.05) is 24.0 Å². The van der Waals surface area contributed by atoms with Crippen LogP contribution in [0, 0.1) is 5.92 Å². The molecule has 0 saturated carbocycles. The molecule has 0 radical (unpaired) electrons. The van der Waals surface area contributed by atoms with Crippen molar-refractivity contribution in [3.05, 3.63) is 35.9 Å². The molecule has 164 valence electrons. The number of likely N-dealkylation sites (tertiary alicyclic amines) is 1. The van der Waals surface area contributed by atoms with Gasteiger partial charge >= 0.3 is 11.9 Å². The van der Waals surface area contributed by atoms with E-state index in [1.807, 2.05) is 53.9 Å². The second kappa shape index (κ2) is 10.5. The summed E-state index contributed by atoms with van der Waals surface area (Å²) in [6.45, 7) is 2.03. The fourth-order valence-corrected chi connectivity index (χ4v) is 7.18. The van der Waals surface area contributed by atoms with E-state index in [1.54, 1.807) is 6.92 Å². The Hall–Kier alpha value is -1.71. The Morgan fingerprint density at radius 2 is 1.83 bits per heavy atom. The number of carbonyl (C=O) groups is 3. The van der Waals surface area contributed by atoms with E-state index in [0.717, 1.165) is 17.1 Å². The summed E-state index contributed by atoms with van der Waals surface area (Å²) in [6.07, 6.45) is 1.37. The number of carboxylic acids is 2. The first kappa shape index (κ1) is 23.0. The van der Waals surface area contributed by atoms with Crippen LogP contribution in [0.25, 0.3) is 0 Å². The molecule has 1 aromatic carbocycles. The van der Waals surface area contributed by atoms with Crippen molar-refractivity contribution >= 4 is 41.4 Å². The summed E-state index contributed by atoms with van der Waals surface area (Å²) in [5.41, 5.74) is 1.03. The molecule has 7 nitrogen and oxygen atoms in total. The number of hydrogen-bond donors (Lipinski definition) is 3. The number of amides is 1. The Labute approximate surface area is 185 Å². The van der Waals surface area contributed by atoms with Crippen LogP contribution in [0.4, 0.5) is 0 Å². The monoisotopic (exact) mass is 452 g/mol. The highest BCUT2D eigenvalue weighted by molar-refractivity contribution is 8.20. The molecule has 2 fully saturated rings. The maximum atomic E-state index is 13.0. The predicted octanol–water partition coefficient (Wildman–Crippen LogP) is 2.16. The molecular weight excluding hydrogens is 424 g/mol. The number of aliphatic carboxylic acids is 2. The summed E-state index contributed by atoms with van der Waals surface area (Å²) in [5.74, 6) is -0.103. The molecule has 1 amide bonds. The van der Waals surface area contributed by atoms with Gasteiger partial charge in [0.2, 0.25) is 5.91 Å². The van der Waals surface area contributed by atoms with E-state index in [2.05, 4.69) is 5.32 Å². The molecule has 3 N–H and O–H groups in total. The summed E-state index contributed by atoms with van der Waals surface area (Å²) in [6, 6.07) is 7.09. The number of nitrogens with zero attached hydrogens (tertiary/aromatic N) is 1. The van der Waals surface area contributed by atoms with E-state index >= 15 is 0 Å². The number of thioether (sulfide) groups is 2. The molecule has 4 atom stereocenters. The van der Waals surface area contributed by atoms with Crippen molar-refractivity contribution in [3.63, 3.8) is 0 Å². The predicted molar refractivity (Wildman–Crippen MR) is 119 cm³/mol. The number of hydrogen-bond acceptors (Lipinski definition) is 6. The van der Waals surface area contributed by atoms with Crippen LogP contribution in [-0.2, 0) is 20.8 Å². The van der Waals surface area contributed by atoms with Gasteiger partial charge in [0.05, 0.1) is 10.6 Å². The van der Waals surface area contributed by atoms with Crippen molar-refractivity contribution in [2.75, 3.05) is 18.1 Å². The quantitative estimate of drug-likeness (QED) is 0.523. The number of carboxylic acid groups (broad SMARTS) is 2. The minimum absolute atomic E-state index is 0.146. The van der Waals surface area contributed by atoms with Gasteiger partial charge in [0.15, 0.2) is 0 Å². The number of rotatable bonds is 9. The van der Waals surface area contributed by atoms with Gasteiger partial charge in [0.25, 0.3) is 0 Å². The van der Waals surface area contributed by atoms with Crippen LogP contribution in [0.5, 0.6) is 0 Å². The van der Waals surface area contributed by atoms with E-state index < -0.39 is 30.1 Å². The fourth-order valence-electron chi connectivity index (χ4n) is 4.05. The minimum atomic E-state index is -1.02. The first-order valence-electron chi connectivity index (χ1n) is 10.2. The van der Waals surface area contributed by atoms with Crippen LogP contribution in [0.15, 0.2) is 30.3 Å². The van der Waals surface area contributed by atoms with Crippen molar-refractivity contribution in [2.24, 2.45) is 5.92 Å². The molecule has 2 aliphatic heterocycles. The van der Waals surface area contributed by atoms with Gasteiger partial charge in [-0.1, -0.05) is 30.3 Å². The zero-order chi connectivity index (χ0) is 21.7. The number of nitrogens with one attached hydrogen (secondary N) is 1. The lowest BCUT2D eigenvalue weighted by Gasteiger charge is -2.27. The molecule has 0 aromatic heterocycles. The molecule has 1 unspecified atom stereocenters. The average Bonchev–Trinajstić information content (AvgIpc) is 3.40. The molecule has 1 aromatic rings. The normalized spacial score (nSPS) is 24.0. The zero-order valence-electron chi connectivity index (χ0n) is 16.9. The lowest BCUT2D eigenvalue weighted by Crippen LogP contribution is -2.53. The third kappa shape index (κ3) is 5.70. The molecule has 2 heterocycles. The summed E-state index contributed by atoms with van der Waals surface area (Å²) in [7, 11) is 0. The van der Waals surface area contributed by atoms with Gasteiger partial charge in [-0.15, -0.1) is 23.5 Å². The molecule has 30 heavy (non-hydrogen) atoms. The summed E-state index contributed by atoms with van der Waals surface area (Å²) < 4.78 is 0.325. The van der Waals surface area contributed by atoms with Crippen LogP contribution >= 0.6 is 23.5 Å². The fraction of sp³-hybridized carbons (Fsp3) is 0.571. The highest BCUT2D eigenvalue weighted by Crippen LogP contribution is 2.42. The Kier molecular flexibility index (Phi) is 8.07. The highest BCUT2D eigenvalue weighted by Gasteiger charge is 2.44. The van der Waals surface area contributed by atoms with Gasteiger partial charge in [-0.3, -0.25) is 14.9 Å². The molecule has 2 saturated heterocycles. The van der Waals surface area contributed by atoms with Crippen LogP contribution in [-0.4, -0.2) is 73.7 Å². The largest absolute Gasteiger partial charge is 0.480 e.